The number of nitrogen functional groups attached to an aromatic ring is 1. The van der Waals surface area contributed by atoms with Crippen LogP contribution in [0.4, 0.5) is 17.1 Å². The van der Waals surface area contributed by atoms with E-state index in [9.17, 15) is 4.79 Å². The molecule has 0 aromatic heterocycles. The molecule has 1 fully saturated rings. The quantitative estimate of drug-likeness (QED) is 0.799. The minimum absolute atomic E-state index is 0.0285. The highest BCUT2D eigenvalue weighted by atomic mass is 16.5. The van der Waals surface area contributed by atoms with E-state index in [1.54, 1.807) is 12.0 Å². The topological polar surface area (TPSA) is 80.1 Å². The maximum atomic E-state index is 12.6. The van der Waals surface area contributed by atoms with Gasteiger partial charge in [-0.1, -0.05) is 12.1 Å². The molecule has 0 saturated carbocycles. The number of ether oxygens (including phenoxy) is 2. The van der Waals surface area contributed by atoms with E-state index in [0.717, 1.165) is 48.9 Å². The molecule has 142 valence electrons. The molecule has 27 heavy (non-hydrogen) atoms. The van der Waals surface area contributed by atoms with Crippen molar-refractivity contribution in [2.45, 2.75) is 6.54 Å². The second kappa shape index (κ2) is 7.36. The van der Waals surface area contributed by atoms with E-state index >= 15 is 0 Å². The zero-order valence-electron chi connectivity index (χ0n) is 15.4. The van der Waals surface area contributed by atoms with Gasteiger partial charge in [0.15, 0.2) is 12.4 Å². The second-order valence-corrected chi connectivity index (χ2v) is 6.75. The molecule has 2 aliphatic heterocycles. The van der Waals surface area contributed by atoms with Gasteiger partial charge in [0.1, 0.15) is 5.75 Å². The van der Waals surface area contributed by atoms with Gasteiger partial charge < -0.3 is 30.3 Å². The van der Waals surface area contributed by atoms with E-state index in [0.29, 0.717) is 18.0 Å². The Morgan fingerprint density at radius 3 is 2.70 bits per heavy atom. The van der Waals surface area contributed by atoms with Crippen molar-refractivity contribution >= 4 is 23.0 Å². The first kappa shape index (κ1) is 17.5. The highest BCUT2D eigenvalue weighted by Gasteiger charge is 2.30. The van der Waals surface area contributed by atoms with Crippen molar-refractivity contribution in [2.75, 3.05) is 55.4 Å². The minimum Gasteiger partial charge on any atom is -0.497 e. The Bertz CT molecular complexity index is 849. The summed E-state index contributed by atoms with van der Waals surface area (Å²) in [7, 11) is 1.64. The fourth-order valence-corrected chi connectivity index (χ4v) is 3.57. The lowest BCUT2D eigenvalue weighted by atomic mass is 10.1. The standard InChI is InChI=1S/C20H24N4O3/c1-26-16-10-17(23-7-5-22-6-8-23)20-18(11-16)24(19(25)13-27-20)12-14-3-2-4-15(21)9-14/h2-4,9-11,22H,5-8,12-13,21H2,1H3. The van der Waals surface area contributed by atoms with Crippen molar-refractivity contribution in [3.63, 3.8) is 0 Å². The Kier molecular flexibility index (Phi) is 4.77. The Balaban J connectivity index is 1.75. The van der Waals surface area contributed by atoms with Gasteiger partial charge in [-0.15, -0.1) is 0 Å². The van der Waals surface area contributed by atoms with Gasteiger partial charge in [-0.3, -0.25) is 4.79 Å². The number of amides is 1. The first-order valence-corrected chi connectivity index (χ1v) is 9.11. The number of rotatable bonds is 4. The lowest BCUT2D eigenvalue weighted by molar-refractivity contribution is -0.121. The number of methoxy groups -OCH3 is 1. The van der Waals surface area contributed by atoms with Crippen LogP contribution in [0.25, 0.3) is 0 Å². The number of nitrogens with two attached hydrogens (primary N) is 1. The summed E-state index contributed by atoms with van der Waals surface area (Å²) in [4.78, 5) is 16.7. The number of nitrogens with zero attached hydrogens (tertiary/aromatic N) is 2. The predicted octanol–water partition coefficient (Wildman–Crippen LogP) is 1.61. The fourth-order valence-electron chi connectivity index (χ4n) is 3.57. The van der Waals surface area contributed by atoms with Gasteiger partial charge in [-0.05, 0) is 17.7 Å². The molecule has 0 bridgehead atoms. The zero-order valence-corrected chi connectivity index (χ0v) is 15.4. The Morgan fingerprint density at radius 1 is 1.19 bits per heavy atom. The van der Waals surface area contributed by atoms with Crippen molar-refractivity contribution in [3.05, 3.63) is 42.0 Å². The molecule has 4 rings (SSSR count). The van der Waals surface area contributed by atoms with Crippen LogP contribution in [0.15, 0.2) is 36.4 Å². The van der Waals surface area contributed by atoms with Crippen LogP contribution in [-0.2, 0) is 11.3 Å². The number of piperazine rings is 1. The van der Waals surface area contributed by atoms with Crippen molar-refractivity contribution in [3.8, 4) is 11.5 Å². The second-order valence-electron chi connectivity index (χ2n) is 6.75. The zero-order chi connectivity index (χ0) is 18.8. The van der Waals surface area contributed by atoms with Crippen molar-refractivity contribution in [1.82, 2.24) is 5.32 Å². The average molecular weight is 368 g/mol. The number of anilines is 3. The molecule has 1 amide bonds. The molecule has 2 aliphatic rings. The third-order valence-corrected chi connectivity index (χ3v) is 4.94. The number of hydrogen-bond acceptors (Lipinski definition) is 6. The van der Waals surface area contributed by atoms with E-state index in [-0.39, 0.29) is 12.5 Å². The van der Waals surface area contributed by atoms with Crippen LogP contribution in [0, 0.1) is 0 Å². The van der Waals surface area contributed by atoms with E-state index in [4.69, 9.17) is 15.2 Å². The number of benzene rings is 2. The van der Waals surface area contributed by atoms with E-state index < -0.39 is 0 Å². The SMILES string of the molecule is COc1cc(N2CCNCC2)c2c(c1)N(Cc1cccc(N)c1)C(=O)CO2. The Morgan fingerprint density at radius 2 is 1.96 bits per heavy atom. The van der Waals surface area contributed by atoms with Crippen LogP contribution in [0.3, 0.4) is 0 Å². The molecule has 0 aliphatic carbocycles. The number of carbonyl (C=O) groups excluding carboxylic acids is 1. The van der Waals surface area contributed by atoms with Gasteiger partial charge in [-0.2, -0.15) is 0 Å². The van der Waals surface area contributed by atoms with E-state index in [1.165, 1.54) is 0 Å². The van der Waals surface area contributed by atoms with Crippen molar-refractivity contribution < 1.29 is 14.3 Å². The molecule has 0 spiro atoms. The summed E-state index contributed by atoms with van der Waals surface area (Å²) in [5.41, 5.74) is 9.26. The lowest BCUT2D eigenvalue weighted by Gasteiger charge is -2.36. The first-order chi connectivity index (χ1) is 13.2. The largest absolute Gasteiger partial charge is 0.497 e. The average Bonchev–Trinajstić information content (AvgIpc) is 2.70. The Hall–Kier alpha value is -2.93. The van der Waals surface area contributed by atoms with Gasteiger partial charge in [0, 0.05) is 44.0 Å². The minimum atomic E-state index is -0.0792. The highest BCUT2D eigenvalue weighted by Crippen LogP contribution is 2.44. The molecule has 0 atom stereocenters. The van der Waals surface area contributed by atoms with Gasteiger partial charge in [0.2, 0.25) is 0 Å². The third-order valence-electron chi connectivity index (χ3n) is 4.94. The molecule has 7 nitrogen and oxygen atoms in total. The van der Waals surface area contributed by atoms with Gasteiger partial charge in [0.05, 0.1) is 25.0 Å². The van der Waals surface area contributed by atoms with E-state index in [1.807, 2.05) is 36.4 Å². The predicted molar refractivity (Wildman–Crippen MR) is 106 cm³/mol. The van der Waals surface area contributed by atoms with Gasteiger partial charge in [-0.25, -0.2) is 0 Å². The molecule has 2 heterocycles. The molecule has 1 saturated heterocycles. The van der Waals surface area contributed by atoms with Crippen LogP contribution >= 0.6 is 0 Å². The summed E-state index contributed by atoms with van der Waals surface area (Å²) in [6.07, 6.45) is 0. The molecule has 0 unspecified atom stereocenters. The monoisotopic (exact) mass is 368 g/mol. The van der Waals surface area contributed by atoms with Crippen LogP contribution in [-0.4, -0.2) is 45.8 Å². The summed E-state index contributed by atoms with van der Waals surface area (Å²) in [6, 6.07) is 11.4. The maximum absolute atomic E-state index is 12.6. The smallest absolute Gasteiger partial charge is 0.265 e. The maximum Gasteiger partial charge on any atom is 0.265 e. The summed E-state index contributed by atoms with van der Waals surface area (Å²) >= 11 is 0. The van der Waals surface area contributed by atoms with Crippen molar-refractivity contribution in [2.24, 2.45) is 0 Å². The number of carbonyl (C=O) groups is 1. The van der Waals surface area contributed by atoms with Crippen LogP contribution in [0.5, 0.6) is 11.5 Å². The molecule has 3 N–H and O–H groups in total. The highest BCUT2D eigenvalue weighted by molar-refractivity contribution is 6.00. The first-order valence-electron chi connectivity index (χ1n) is 9.11. The van der Waals surface area contributed by atoms with Crippen LogP contribution in [0.2, 0.25) is 0 Å². The molecule has 2 aromatic rings. The van der Waals surface area contributed by atoms with E-state index in [2.05, 4.69) is 10.2 Å². The normalized spacial score (nSPS) is 16.7. The lowest BCUT2D eigenvalue weighted by Crippen LogP contribution is -2.44. The molecule has 2 aromatic carbocycles. The van der Waals surface area contributed by atoms with Crippen LogP contribution < -0.4 is 30.3 Å². The van der Waals surface area contributed by atoms with Gasteiger partial charge >= 0.3 is 0 Å². The number of hydrogen-bond donors (Lipinski definition) is 2. The fraction of sp³-hybridized carbons (Fsp3) is 0.350. The van der Waals surface area contributed by atoms with Crippen LogP contribution in [0.1, 0.15) is 5.56 Å². The summed E-state index contributed by atoms with van der Waals surface area (Å²) < 4.78 is 11.4. The summed E-state index contributed by atoms with van der Waals surface area (Å²) in [6.45, 7) is 4.06. The third kappa shape index (κ3) is 3.50. The molecular weight excluding hydrogens is 344 g/mol. The van der Waals surface area contributed by atoms with Gasteiger partial charge in [0.25, 0.3) is 5.91 Å². The van der Waals surface area contributed by atoms with Crippen molar-refractivity contribution in [1.29, 1.82) is 0 Å². The molecule has 0 radical (unpaired) electrons. The summed E-state index contributed by atoms with van der Waals surface area (Å²) in [5, 5.41) is 3.36. The molecule has 7 heteroatoms. The number of fused-ring (bicyclic) bond motifs is 1. The number of nitrogens with one attached hydrogen (secondary N) is 1. The molecular formula is C20H24N4O3. The summed E-state index contributed by atoms with van der Waals surface area (Å²) in [5.74, 6) is 1.36. The Labute approximate surface area is 158 Å².